The van der Waals surface area contributed by atoms with Gasteiger partial charge >= 0.3 is 0 Å². The number of anilines is 1. The van der Waals surface area contributed by atoms with Crippen LogP contribution in [0.4, 0.5) is 11.4 Å². The van der Waals surface area contributed by atoms with E-state index in [2.05, 4.69) is 9.26 Å². The van der Waals surface area contributed by atoms with Crippen LogP contribution >= 0.6 is 0 Å². The number of carbonyl (C=O) groups is 1. The Balaban J connectivity index is 1.58. The number of fused-ring (bicyclic) bond motifs is 1. The molecule has 1 saturated heterocycles. The molecule has 2 aliphatic rings. The van der Waals surface area contributed by atoms with Gasteiger partial charge in [-0.2, -0.15) is 0 Å². The van der Waals surface area contributed by atoms with E-state index in [0.717, 1.165) is 18.4 Å². The summed E-state index contributed by atoms with van der Waals surface area (Å²) in [7, 11) is -2.65. The van der Waals surface area contributed by atoms with E-state index in [4.69, 9.17) is 8.92 Å². The number of aliphatic hydroxyl groups excluding tert-OH is 1. The van der Waals surface area contributed by atoms with Gasteiger partial charge in [-0.3, -0.25) is 14.0 Å². The third-order valence-corrected chi connectivity index (χ3v) is 8.84. The lowest BCUT2D eigenvalue weighted by Gasteiger charge is -2.33. The van der Waals surface area contributed by atoms with Gasteiger partial charge in [-0.05, 0) is 37.0 Å². The highest BCUT2D eigenvalue weighted by atomic mass is 32.2. The SMILES string of the molecule is CO[S-](=O)=Nc1ccc(OCC(=O)N(C)C(CN2CC[C@H](O)C2)c2ccccc2)c2c1N(S(C)(=O)=O)CCC2. The molecule has 0 saturated carbocycles. The number of likely N-dealkylation sites (tertiary alicyclic amines) is 1. The number of hydrogen-bond donors (Lipinski definition) is 1. The molecule has 4 rings (SSSR count). The van der Waals surface area contributed by atoms with Gasteiger partial charge in [-0.25, -0.2) is 8.42 Å². The first-order valence-corrected chi connectivity index (χ1v) is 15.6. The van der Waals surface area contributed by atoms with Crippen LogP contribution in [-0.2, 0) is 40.5 Å². The predicted octanol–water partition coefficient (Wildman–Crippen LogP) is 2.38. The molecular weight excluding hydrogens is 544 g/mol. The number of carbonyl (C=O) groups excluding carboxylic acids is 1. The van der Waals surface area contributed by atoms with Crippen molar-refractivity contribution >= 4 is 38.2 Å². The van der Waals surface area contributed by atoms with Crippen molar-refractivity contribution in [3.8, 4) is 5.75 Å². The fourth-order valence-electron chi connectivity index (χ4n) is 5.06. The highest BCUT2D eigenvalue weighted by Crippen LogP contribution is 2.43. The summed E-state index contributed by atoms with van der Waals surface area (Å²) in [6.07, 6.45) is 2.51. The third kappa shape index (κ3) is 7.09. The second-order valence-electron chi connectivity index (χ2n) is 9.75. The minimum Gasteiger partial charge on any atom is -0.483 e. The van der Waals surface area contributed by atoms with E-state index in [-0.39, 0.29) is 36.9 Å². The van der Waals surface area contributed by atoms with Crippen LogP contribution in [0.25, 0.3) is 0 Å². The molecule has 1 fully saturated rings. The van der Waals surface area contributed by atoms with Crippen LogP contribution in [-0.4, -0.2) is 88.5 Å². The van der Waals surface area contributed by atoms with Gasteiger partial charge in [0, 0.05) is 45.9 Å². The average Bonchev–Trinajstić information content (AvgIpc) is 3.34. The van der Waals surface area contributed by atoms with E-state index in [1.165, 1.54) is 17.5 Å². The summed E-state index contributed by atoms with van der Waals surface area (Å²) in [5.41, 5.74) is 2.07. The summed E-state index contributed by atoms with van der Waals surface area (Å²) in [5.74, 6) is 0.128. The molecule has 0 bridgehead atoms. The molecule has 0 aliphatic carbocycles. The molecule has 11 nitrogen and oxygen atoms in total. The highest BCUT2D eigenvalue weighted by molar-refractivity contribution is 7.92. The first-order chi connectivity index (χ1) is 18.6. The number of ether oxygens (including phenoxy) is 1. The van der Waals surface area contributed by atoms with Crippen molar-refractivity contribution in [3.05, 3.63) is 53.6 Å². The maximum Gasteiger partial charge on any atom is 0.260 e. The molecular formula is C26H35N4O7S2-. The lowest BCUT2D eigenvalue weighted by atomic mass is 10.0. The Hall–Kier alpha value is -2.71. The maximum absolute atomic E-state index is 13.4. The smallest absolute Gasteiger partial charge is 0.260 e. The molecule has 214 valence electrons. The molecule has 2 aromatic carbocycles. The summed E-state index contributed by atoms with van der Waals surface area (Å²) >= 11 is 0. The van der Waals surface area contributed by atoms with Crippen LogP contribution in [0.3, 0.4) is 0 Å². The quantitative estimate of drug-likeness (QED) is 0.425. The number of rotatable bonds is 10. The van der Waals surface area contributed by atoms with Crippen LogP contribution < -0.4 is 9.04 Å². The molecule has 1 unspecified atom stereocenters. The van der Waals surface area contributed by atoms with E-state index in [1.54, 1.807) is 18.0 Å². The number of hydrogen-bond acceptors (Lipinski definition) is 10. The molecule has 39 heavy (non-hydrogen) atoms. The topological polar surface area (TPSA) is 129 Å². The van der Waals surface area contributed by atoms with Gasteiger partial charge < -0.3 is 27.5 Å². The normalized spacial score (nSPS) is 19.5. The molecule has 1 amide bonds. The van der Waals surface area contributed by atoms with Crippen molar-refractivity contribution in [1.29, 1.82) is 0 Å². The Kier molecular flexibility index (Phi) is 9.49. The maximum atomic E-state index is 13.4. The Bertz CT molecular complexity index is 1360. The molecule has 0 spiro atoms. The minimum absolute atomic E-state index is 0.211. The van der Waals surface area contributed by atoms with Crippen LogP contribution in [0.5, 0.6) is 5.75 Å². The number of likely N-dealkylation sites (N-methyl/N-ethyl adjacent to an activating group) is 1. The average molecular weight is 580 g/mol. The fraction of sp³-hybridized carbons (Fsp3) is 0.500. The van der Waals surface area contributed by atoms with E-state index < -0.39 is 20.9 Å². The fourth-order valence-corrected chi connectivity index (χ4v) is 6.44. The number of β-amino-alcohol motifs (C(OH)–C–C–N with tert-alkyl or cyclic N) is 1. The molecule has 0 radical (unpaired) electrons. The molecule has 2 heterocycles. The Morgan fingerprint density at radius 3 is 2.62 bits per heavy atom. The third-order valence-electron chi connectivity index (χ3n) is 7.05. The summed E-state index contributed by atoms with van der Waals surface area (Å²) in [4.78, 5) is 17.2. The number of aliphatic hydroxyl groups is 1. The van der Waals surface area contributed by atoms with Crippen molar-refractivity contribution in [3.63, 3.8) is 0 Å². The van der Waals surface area contributed by atoms with E-state index >= 15 is 0 Å². The van der Waals surface area contributed by atoms with E-state index in [0.29, 0.717) is 49.4 Å². The van der Waals surface area contributed by atoms with E-state index in [1.807, 2.05) is 30.3 Å². The summed E-state index contributed by atoms with van der Waals surface area (Å²) in [6.45, 7) is 1.90. The van der Waals surface area contributed by atoms with Crippen LogP contribution in [0.15, 0.2) is 46.8 Å². The van der Waals surface area contributed by atoms with Crippen molar-refractivity contribution in [2.24, 2.45) is 4.36 Å². The van der Waals surface area contributed by atoms with E-state index in [9.17, 15) is 22.5 Å². The van der Waals surface area contributed by atoms with Gasteiger partial charge in [0.25, 0.3) is 5.91 Å². The van der Waals surface area contributed by atoms with Crippen LogP contribution in [0.1, 0.15) is 30.0 Å². The Labute approximate surface area is 231 Å². The van der Waals surface area contributed by atoms with Gasteiger partial charge in [0.2, 0.25) is 10.0 Å². The van der Waals surface area contributed by atoms with Gasteiger partial charge in [0.15, 0.2) is 6.61 Å². The summed E-state index contributed by atoms with van der Waals surface area (Å²) in [6, 6.07) is 12.6. The second-order valence-corrected chi connectivity index (χ2v) is 12.6. The standard InChI is InChI=1S/C26H35N4O7S2/c1-28(23(19-8-5-4-6-9-19)17-29-15-13-20(31)16-29)25(32)18-37-24-12-11-22(27-38(33)36-2)26-21(24)10-7-14-30(26)39(3,34)35/h4-6,8-9,11-12,20,23,31H,7,10,13-18H2,1-3H3/q-1/t20-,23?/m0/s1. The summed E-state index contributed by atoms with van der Waals surface area (Å²) in [5, 5.41) is 9.97. The zero-order chi connectivity index (χ0) is 28.2. The highest BCUT2D eigenvalue weighted by Gasteiger charge is 2.31. The Morgan fingerprint density at radius 2 is 1.97 bits per heavy atom. The lowest BCUT2D eigenvalue weighted by molar-refractivity contribution is -0.134. The number of nitrogens with zero attached hydrogens (tertiary/aromatic N) is 4. The minimum atomic E-state index is -3.64. The van der Waals surface area contributed by atoms with Crippen molar-refractivity contribution in [2.45, 2.75) is 31.4 Å². The first-order valence-electron chi connectivity index (χ1n) is 12.7. The van der Waals surface area contributed by atoms with Crippen LogP contribution in [0, 0.1) is 0 Å². The molecule has 2 aliphatic heterocycles. The first kappa shape index (κ1) is 29.3. The van der Waals surface area contributed by atoms with Crippen LogP contribution in [0.2, 0.25) is 0 Å². The molecule has 2 atom stereocenters. The zero-order valence-corrected chi connectivity index (χ0v) is 24.0. The van der Waals surface area contributed by atoms with Crippen molar-refractivity contribution in [2.75, 3.05) is 57.5 Å². The number of benzene rings is 2. The summed E-state index contributed by atoms with van der Waals surface area (Å²) < 4.78 is 53.1. The second kappa shape index (κ2) is 12.6. The van der Waals surface area contributed by atoms with Gasteiger partial charge in [0.05, 0.1) is 29.8 Å². The molecule has 13 heteroatoms. The Morgan fingerprint density at radius 1 is 1.23 bits per heavy atom. The van der Waals surface area contributed by atoms with Crippen molar-refractivity contribution in [1.82, 2.24) is 9.80 Å². The molecule has 2 aromatic rings. The predicted molar refractivity (Wildman–Crippen MR) is 149 cm³/mol. The van der Waals surface area contributed by atoms with Gasteiger partial charge in [-0.1, -0.05) is 41.2 Å². The van der Waals surface area contributed by atoms with Crippen molar-refractivity contribution < 1.29 is 31.4 Å². The number of sulfonamides is 1. The monoisotopic (exact) mass is 579 g/mol. The molecule has 1 N–H and O–H groups in total. The van der Waals surface area contributed by atoms with Gasteiger partial charge in [-0.15, -0.1) is 0 Å². The van der Waals surface area contributed by atoms with Gasteiger partial charge in [0.1, 0.15) is 5.75 Å². The number of amides is 1. The largest absolute Gasteiger partial charge is 0.483 e. The lowest BCUT2D eigenvalue weighted by Crippen LogP contribution is -2.41. The molecule has 0 aromatic heterocycles. The zero-order valence-electron chi connectivity index (χ0n) is 22.4.